The normalized spacial score (nSPS) is 14.4. The van der Waals surface area contributed by atoms with Gasteiger partial charge in [-0.15, -0.1) is 0 Å². The number of carbonyl (C=O) groups is 1. The fraction of sp³-hybridized carbons (Fsp3) is 0.333. The summed E-state index contributed by atoms with van der Waals surface area (Å²) in [6.07, 6.45) is 4.41. The van der Waals surface area contributed by atoms with Crippen LogP contribution in [0.25, 0.3) is 10.9 Å². The molecule has 1 aliphatic rings. The largest absolute Gasteiger partial charge is 0.389 e. The zero-order chi connectivity index (χ0) is 14.1. The van der Waals surface area contributed by atoms with Crippen LogP contribution in [0.2, 0.25) is 0 Å². The highest BCUT2D eigenvalue weighted by atomic mass is 32.1. The third-order valence-corrected chi connectivity index (χ3v) is 3.89. The van der Waals surface area contributed by atoms with Gasteiger partial charge in [0.2, 0.25) is 5.91 Å². The molecule has 0 unspecified atom stereocenters. The molecule has 2 aromatic rings. The number of nitrogens with one attached hydrogen (secondary N) is 1. The SMILES string of the molecule is NC(=S)c1ccc2c(ccn2CC(=O)NCC2CC2)c1. The summed E-state index contributed by atoms with van der Waals surface area (Å²) in [5, 5.41) is 4.02. The number of amides is 1. The molecule has 0 spiro atoms. The van der Waals surface area contributed by atoms with Crippen molar-refractivity contribution in [3.63, 3.8) is 0 Å². The Balaban J connectivity index is 1.74. The molecule has 1 fully saturated rings. The van der Waals surface area contributed by atoms with Crippen molar-refractivity contribution in [1.82, 2.24) is 9.88 Å². The van der Waals surface area contributed by atoms with E-state index >= 15 is 0 Å². The first kappa shape index (κ1) is 13.1. The van der Waals surface area contributed by atoms with Gasteiger partial charge < -0.3 is 15.6 Å². The summed E-state index contributed by atoms with van der Waals surface area (Å²) in [7, 11) is 0. The van der Waals surface area contributed by atoms with Crippen LogP contribution in [-0.2, 0) is 11.3 Å². The van der Waals surface area contributed by atoms with E-state index in [0.717, 1.165) is 23.0 Å². The molecule has 1 aromatic heterocycles. The minimum atomic E-state index is 0.0628. The molecule has 0 atom stereocenters. The second kappa shape index (κ2) is 5.25. The smallest absolute Gasteiger partial charge is 0.239 e. The van der Waals surface area contributed by atoms with Gasteiger partial charge in [-0.1, -0.05) is 12.2 Å². The van der Waals surface area contributed by atoms with Gasteiger partial charge in [0.25, 0.3) is 0 Å². The van der Waals surface area contributed by atoms with Gasteiger partial charge in [-0.25, -0.2) is 0 Å². The highest BCUT2D eigenvalue weighted by molar-refractivity contribution is 7.80. The van der Waals surface area contributed by atoms with Crippen molar-refractivity contribution in [3.8, 4) is 0 Å². The molecule has 4 nitrogen and oxygen atoms in total. The van der Waals surface area contributed by atoms with Crippen molar-refractivity contribution in [2.75, 3.05) is 6.54 Å². The molecular formula is C15H17N3OS. The Morgan fingerprint density at radius 2 is 2.20 bits per heavy atom. The molecule has 0 saturated heterocycles. The van der Waals surface area contributed by atoms with Crippen LogP contribution < -0.4 is 11.1 Å². The van der Waals surface area contributed by atoms with Gasteiger partial charge in [0.05, 0.1) is 0 Å². The summed E-state index contributed by atoms with van der Waals surface area (Å²) >= 11 is 4.97. The molecule has 1 amide bonds. The van der Waals surface area contributed by atoms with E-state index in [9.17, 15) is 4.79 Å². The lowest BCUT2D eigenvalue weighted by atomic mass is 10.1. The number of thiocarbonyl (C=S) groups is 1. The average Bonchev–Trinajstić information content (AvgIpc) is 3.18. The molecule has 3 N–H and O–H groups in total. The summed E-state index contributed by atoms with van der Waals surface area (Å²) in [4.78, 5) is 12.3. The first-order chi connectivity index (χ1) is 9.63. The highest BCUT2D eigenvalue weighted by Gasteiger charge is 2.21. The maximum absolute atomic E-state index is 11.9. The van der Waals surface area contributed by atoms with Gasteiger partial charge >= 0.3 is 0 Å². The van der Waals surface area contributed by atoms with Crippen LogP contribution in [0.5, 0.6) is 0 Å². The molecule has 1 saturated carbocycles. The quantitative estimate of drug-likeness (QED) is 0.824. The molecule has 1 aliphatic carbocycles. The van der Waals surface area contributed by atoms with Crippen LogP contribution in [0.3, 0.4) is 0 Å². The maximum atomic E-state index is 11.9. The second-order valence-electron chi connectivity index (χ2n) is 5.33. The number of hydrogen-bond acceptors (Lipinski definition) is 2. The van der Waals surface area contributed by atoms with Crippen LogP contribution in [0, 0.1) is 5.92 Å². The average molecular weight is 287 g/mol. The van der Waals surface area contributed by atoms with Crippen molar-refractivity contribution in [2.45, 2.75) is 19.4 Å². The molecule has 5 heteroatoms. The van der Waals surface area contributed by atoms with Crippen molar-refractivity contribution in [1.29, 1.82) is 0 Å². The number of fused-ring (bicyclic) bond motifs is 1. The number of carbonyl (C=O) groups excluding carboxylic acids is 1. The first-order valence-electron chi connectivity index (χ1n) is 6.79. The monoisotopic (exact) mass is 287 g/mol. The minimum absolute atomic E-state index is 0.0628. The van der Waals surface area contributed by atoms with E-state index < -0.39 is 0 Å². The third-order valence-electron chi connectivity index (χ3n) is 3.65. The van der Waals surface area contributed by atoms with Gasteiger partial charge in [0.1, 0.15) is 11.5 Å². The molecule has 3 rings (SSSR count). The molecule has 20 heavy (non-hydrogen) atoms. The van der Waals surface area contributed by atoms with E-state index in [1.165, 1.54) is 12.8 Å². The Bertz CT molecular complexity index is 673. The Hall–Kier alpha value is -1.88. The fourth-order valence-corrected chi connectivity index (χ4v) is 2.41. The van der Waals surface area contributed by atoms with E-state index in [4.69, 9.17) is 18.0 Å². The number of rotatable bonds is 5. The zero-order valence-electron chi connectivity index (χ0n) is 11.1. The van der Waals surface area contributed by atoms with Crippen molar-refractivity contribution < 1.29 is 4.79 Å². The molecule has 0 aliphatic heterocycles. The summed E-state index contributed by atoms with van der Waals surface area (Å²) in [5.41, 5.74) is 7.50. The Morgan fingerprint density at radius 1 is 1.40 bits per heavy atom. The first-order valence-corrected chi connectivity index (χ1v) is 7.20. The summed E-state index contributed by atoms with van der Waals surface area (Å²) < 4.78 is 1.95. The van der Waals surface area contributed by atoms with E-state index in [1.54, 1.807) is 0 Å². The summed E-state index contributed by atoms with van der Waals surface area (Å²) in [6, 6.07) is 7.78. The van der Waals surface area contributed by atoms with Crippen molar-refractivity contribution >= 4 is 34.0 Å². The molecule has 1 aromatic carbocycles. The van der Waals surface area contributed by atoms with Crippen LogP contribution in [-0.4, -0.2) is 22.0 Å². The molecule has 0 bridgehead atoms. The van der Waals surface area contributed by atoms with Crippen molar-refractivity contribution in [2.24, 2.45) is 11.7 Å². The van der Waals surface area contributed by atoms with Crippen LogP contribution >= 0.6 is 12.2 Å². The summed E-state index contributed by atoms with van der Waals surface area (Å²) in [5.74, 6) is 0.765. The maximum Gasteiger partial charge on any atom is 0.239 e. The van der Waals surface area contributed by atoms with Gasteiger partial charge in [-0.05, 0) is 43.0 Å². The molecule has 104 valence electrons. The number of nitrogens with zero attached hydrogens (tertiary/aromatic N) is 1. The zero-order valence-corrected chi connectivity index (χ0v) is 12.0. The molecular weight excluding hydrogens is 270 g/mol. The topological polar surface area (TPSA) is 60.0 Å². The van der Waals surface area contributed by atoms with Gasteiger partial charge in [0, 0.05) is 29.2 Å². The fourth-order valence-electron chi connectivity index (χ4n) is 2.28. The lowest BCUT2D eigenvalue weighted by Crippen LogP contribution is -2.29. The van der Waals surface area contributed by atoms with E-state index in [0.29, 0.717) is 17.5 Å². The van der Waals surface area contributed by atoms with E-state index in [-0.39, 0.29) is 5.91 Å². The van der Waals surface area contributed by atoms with E-state index in [2.05, 4.69) is 5.32 Å². The minimum Gasteiger partial charge on any atom is -0.389 e. The lowest BCUT2D eigenvalue weighted by Gasteiger charge is -2.07. The third kappa shape index (κ3) is 2.82. The van der Waals surface area contributed by atoms with Gasteiger partial charge in [0.15, 0.2) is 0 Å². The summed E-state index contributed by atoms with van der Waals surface area (Å²) in [6.45, 7) is 1.16. The van der Waals surface area contributed by atoms with Crippen LogP contribution in [0.1, 0.15) is 18.4 Å². The second-order valence-corrected chi connectivity index (χ2v) is 5.77. The van der Waals surface area contributed by atoms with Crippen LogP contribution in [0.15, 0.2) is 30.5 Å². The Kier molecular flexibility index (Phi) is 3.44. The van der Waals surface area contributed by atoms with Crippen molar-refractivity contribution in [3.05, 3.63) is 36.0 Å². The highest BCUT2D eigenvalue weighted by Crippen LogP contribution is 2.27. The number of nitrogens with two attached hydrogens (primary N) is 1. The Labute approximate surface area is 122 Å². The Morgan fingerprint density at radius 3 is 2.90 bits per heavy atom. The number of hydrogen-bond donors (Lipinski definition) is 2. The molecule has 1 heterocycles. The standard InChI is InChI=1S/C15H17N3OS/c16-15(20)12-3-4-13-11(7-12)5-6-18(13)9-14(19)17-8-10-1-2-10/h3-7,10H,1-2,8-9H2,(H2,16,20)(H,17,19). The molecule has 0 radical (unpaired) electrons. The number of benzene rings is 1. The lowest BCUT2D eigenvalue weighted by molar-refractivity contribution is -0.121. The predicted octanol–water partition coefficient (Wildman–Crippen LogP) is 1.80. The van der Waals surface area contributed by atoms with Gasteiger partial charge in [-0.2, -0.15) is 0 Å². The number of aromatic nitrogens is 1. The van der Waals surface area contributed by atoms with Gasteiger partial charge in [-0.3, -0.25) is 4.79 Å². The van der Waals surface area contributed by atoms with Crippen LogP contribution in [0.4, 0.5) is 0 Å². The predicted molar refractivity (Wildman–Crippen MR) is 83.6 cm³/mol. The van der Waals surface area contributed by atoms with E-state index in [1.807, 2.05) is 35.0 Å².